The van der Waals surface area contributed by atoms with Crippen LogP contribution >= 0.6 is 0 Å². The fourth-order valence-corrected chi connectivity index (χ4v) is 1.28. The van der Waals surface area contributed by atoms with Crippen molar-refractivity contribution in [1.82, 2.24) is 10.6 Å². The first-order chi connectivity index (χ1) is 7.61. The Bertz CT molecular complexity index is 351. The van der Waals surface area contributed by atoms with Crippen LogP contribution in [0.15, 0.2) is 24.3 Å². The van der Waals surface area contributed by atoms with Gasteiger partial charge in [0.2, 0.25) is 0 Å². The summed E-state index contributed by atoms with van der Waals surface area (Å²) in [6.07, 6.45) is 0. The van der Waals surface area contributed by atoms with E-state index in [1.165, 1.54) is 0 Å². The second kappa shape index (κ2) is 6.00. The molecule has 0 bridgehead atoms. The highest BCUT2D eigenvalue weighted by atomic mass is 16.5. The van der Waals surface area contributed by atoms with Gasteiger partial charge in [-0.05, 0) is 31.5 Å². The molecular weight excluding hydrogens is 204 g/mol. The largest absolute Gasteiger partial charge is 0.497 e. The maximum absolute atomic E-state index is 11.3. The molecule has 1 aromatic rings. The van der Waals surface area contributed by atoms with Crippen LogP contribution in [-0.2, 0) is 6.54 Å². The summed E-state index contributed by atoms with van der Waals surface area (Å²) >= 11 is 0. The molecule has 2 N–H and O–H groups in total. The summed E-state index contributed by atoms with van der Waals surface area (Å²) in [5.41, 5.74) is 1.01. The topological polar surface area (TPSA) is 50.4 Å². The lowest BCUT2D eigenvalue weighted by molar-refractivity contribution is 0.238. The van der Waals surface area contributed by atoms with Crippen LogP contribution in [0.5, 0.6) is 5.75 Å². The van der Waals surface area contributed by atoms with E-state index in [1.54, 1.807) is 7.11 Å². The number of benzene rings is 1. The van der Waals surface area contributed by atoms with Crippen molar-refractivity contribution in [3.8, 4) is 5.75 Å². The molecule has 0 atom stereocenters. The van der Waals surface area contributed by atoms with E-state index in [0.29, 0.717) is 6.54 Å². The van der Waals surface area contributed by atoms with Crippen molar-refractivity contribution in [3.63, 3.8) is 0 Å². The van der Waals surface area contributed by atoms with Gasteiger partial charge < -0.3 is 15.4 Å². The second-order valence-electron chi connectivity index (χ2n) is 3.83. The monoisotopic (exact) mass is 222 g/mol. The molecular formula is C12H18N2O2. The normalized spacial score (nSPS) is 10.0. The van der Waals surface area contributed by atoms with E-state index < -0.39 is 0 Å². The summed E-state index contributed by atoms with van der Waals surface area (Å²) in [6.45, 7) is 4.34. The Labute approximate surface area is 96.0 Å². The minimum atomic E-state index is -0.155. The van der Waals surface area contributed by atoms with Crippen molar-refractivity contribution in [2.24, 2.45) is 0 Å². The number of carbonyl (C=O) groups excluding carboxylic acids is 1. The molecule has 16 heavy (non-hydrogen) atoms. The maximum atomic E-state index is 11.3. The number of methoxy groups -OCH3 is 1. The smallest absolute Gasteiger partial charge is 0.315 e. The Morgan fingerprint density at radius 3 is 2.81 bits per heavy atom. The quantitative estimate of drug-likeness (QED) is 0.817. The van der Waals surface area contributed by atoms with Gasteiger partial charge in [0.05, 0.1) is 7.11 Å². The van der Waals surface area contributed by atoms with E-state index in [1.807, 2.05) is 38.1 Å². The van der Waals surface area contributed by atoms with Crippen molar-refractivity contribution < 1.29 is 9.53 Å². The molecule has 1 aromatic carbocycles. The van der Waals surface area contributed by atoms with Crippen molar-refractivity contribution in [1.29, 1.82) is 0 Å². The van der Waals surface area contributed by atoms with E-state index in [2.05, 4.69) is 10.6 Å². The van der Waals surface area contributed by atoms with Crippen LogP contribution in [0.25, 0.3) is 0 Å². The average Bonchev–Trinajstić information content (AvgIpc) is 2.26. The molecule has 0 spiro atoms. The second-order valence-corrected chi connectivity index (χ2v) is 3.83. The molecule has 2 amide bonds. The SMILES string of the molecule is COc1cccc(CNC(=O)NC(C)C)c1. The van der Waals surface area contributed by atoms with Gasteiger partial charge in [-0.1, -0.05) is 12.1 Å². The Kier molecular flexibility index (Phi) is 4.64. The molecule has 0 aliphatic heterocycles. The highest BCUT2D eigenvalue weighted by molar-refractivity contribution is 5.74. The summed E-state index contributed by atoms with van der Waals surface area (Å²) in [5, 5.41) is 5.54. The lowest BCUT2D eigenvalue weighted by Gasteiger charge is -2.10. The van der Waals surface area contributed by atoms with E-state index >= 15 is 0 Å². The van der Waals surface area contributed by atoms with Gasteiger partial charge in [0.15, 0.2) is 0 Å². The highest BCUT2D eigenvalue weighted by Gasteiger charge is 2.02. The molecule has 0 aromatic heterocycles. The number of hydrogen-bond donors (Lipinski definition) is 2. The molecule has 1 rings (SSSR count). The third kappa shape index (κ3) is 4.21. The van der Waals surface area contributed by atoms with Crippen LogP contribution in [0.2, 0.25) is 0 Å². The molecule has 4 nitrogen and oxygen atoms in total. The third-order valence-corrected chi connectivity index (χ3v) is 2.01. The summed E-state index contributed by atoms with van der Waals surface area (Å²) in [5.74, 6) is 0.795. The van der Waals surface area contributed by atoms with Crippen LogP contribution < -0.4 is 15.4 Å². The zero-order valence-corrected chi connectivity index (χ0v) is 9.91. The van der Waals surface area contributed by atoms with Crippen molar-refractivity contribution in [2.75, 3.05) is 7.11 Å². The maximum Gasteiger partial charge on any atom is 0.315 e. The van der Waals surface area contributed by atoms with Crippen molar-refractivity contribution in [3.05, 3.63) is 29.8 Å². The van der Waals surface area contributed by atoms with Gasteiger partial charge in [-0.25, -0.2) is 4.79 Å². The molecule has 0 radical (unpaired) electrons. The Balaban J connectivity index is 2.45. The Hall–Kier alpha value is -1.71. The van der Waals surface area contributed by atoms with Gasteiger partial charge >= 0.3 is 6.03 Å². The Morgan fingerprint density at radius 1 is 1.44 bits per heavy atom. The number of amides is 2. The molecule has 0 fully saturated rings. The summed E-state index contributed by atoms with van der Waals surface area (Å²) < 4.78 is 5.10. The lowest BCUT2D eigenvalue weighted by atomic mass is 10.2. The molecule has 0 heterocycles. The first-order valence-corrected chi connectivity index (χ1v) is 5.29. The molecule has 4 heteroatoms. The number of urea groups is 1. The summed E-state index contributed by atoms with van der Waals surface area (Å²) in [7, 11) is 1.62. The Morgan fingerprint density at radius 2 is 2.19 bits per heavy atom. The molecule has 0 aliphatic carbocycles. The first-order valence-electron chi connectivity index (χ1n) is 5.29. The lowest BCUT2D eigenvalue weighted by Crippen LogP contribution is -2.39. The first kappa shape index (κ1) is 12.4. The summed E-state index contributed by atoms with van der Waals surface area (Å²) in [4.78, 5) is 11.3. The number of ether oxygens (including phenoxy) is 1. The van der Waals surface area contributed by atoms with Crippen molar-refractivity contribution in [2.45, 2.75) is 26.4 Å². The third-order valence-electron chi connectivity index (χ3n) is 2.01. The van der Waals surface area contributed by atoms with Crippen LogP contribution in [0.1, 0.15) is 19.4 Å². The zero-order chi connectivity index (χ0) is 12.0. The number of hydrogen-bond acceptors (Lipinski definition) is 2. The predicted molar refractivity (Wildman–Crippen MR) is 63.5 cm³/mol. The van der Waals surface area contributed by atoms with E-state index in [4.69, 9.17) is 4.74 Å². The summed E-state index contributed by atoms with van der Waals surface area (Å²) in [6, 6.07) is 7.60. The number of carbonyl (C=O) groups is 1. The average molecular weight is 222 g/mol. The number of nitrogens with one attached hydrogen (secondary N) is 2. The predicted octanol–water partition coefficient (Wildman–Crippen LogP) is 1.90. The van der Waals surface area contributed by atoms with Crippen molar-refractivity contribution >= 4 is 6.03 Å². The molecule has 0 saturated heterocycles. The highest BCUT2D eigenvalue weighted by Crippen LogP contribution is 2.11. The van der Waals surface area contributed by atoms with E-state index in [0.717, 1.165) is 11.3 Å². The molecule has 0 aliphatic rings. The van der Waals surface area contributed by atoms with Crippen LogP contribution in [0.4, 0.5) is 4.79 Å². The van der Waals surface area contributed by atoms with E-state index in [-0.39, 0.29) is 12.1 Å². The molecule has 0 saturated carbocycles. The zero-order valence-electron chi connectivity index (χ0n) is 9.91. The van der Waals surface area contributed by atoms with Gasteiger partial charge in [0, 0.05) is 12.6 Å². The minimum Gasteiger partial charge on any atom is -0.497 e. The van der Waals surface area contributed by atoms with Gasteiger partial charge in [0.25, 0.3) is 0 Å². The fraction of sp³-hybridized carbons (Fsp3) is 0.417. The number of rotatable bonds is 4. The molecule has 88 valence electrons. The minimum absolute atomic E-state index is 0.144. The van der Waals surface area contributed by atoms with Gasteiger partial charge in [-0.15, -0.1) is 0 Å². The van der Waals surface area contributed by atoms with Crippen LogP contribution in [-0.4, -0.2) is 19.2 Å². The van der Waals surface area contributed by atoms with Gasteiger partial charge in [-0.3, -0.25) is 0 Å². The van der Waals surface area contributed by atoms with Crippen LogP contribution in [0.3, 0.4) is 0 Å². The van der Waals surface area contributed by atoms with Crippen LogP contribution in [0, 0.1) is 0 Å². The fourth-order valence-electron chi connectivity index (χ4n) is 1.28. The molecule has 0 unspecified atom stereocenters. The van der Waals surface area contributed by atoms with Gasteiger partial charge in [0.1, 0.15) is 5.75 Å². The van der Waals surface area contributed by atoms with Gasteiger partial charge in [-0.2, -0.15) is 0 Å². The standard InChI is InChI=1S/C12H18N2O2/c1-9(2)14-12(15)13-8-10-5-4-6-11(7-10)16-3/h4-7,9H,8H2,1-3H3,(H2,13,14,15). The van der Waals surface area contributed by atoms with E-state index in [9.17, 15) is 4.79 Å².